The largest absolute Gasteiger partial charge is 0.281 e. The molecule has 1 aromatic carbocycles. The summed E-state index contributed by atoms with van der Waals surface area (Å²) >= 11 is 3.40. The number of fused-ring (bicyclic) bond motifs is 1. The molecule has 0 saturated carbocycles. The van der Waals surface area contributed by atoms with Gasteiger partial charge in [-0.3, -0.25) is 4.40 Å². The van der Waals surface area contributed by atoms with Crippen LogP contribution in [0.3, 0.4) is 0 Å². The maximum atomic E-state index is 8.92. The molecule has 0 unspecified atom stereocenters. The molecule has 0 bridgehead atoms. The van der Waals surface area contributed by atoms with Crippen LogP contribution in [0.25, 0.3) is 17.0 Å². The molecule has 0 atom stereocenters. The Labute approximate surface area is 112 Å². The maximum absolute atomic E-state index is 8.92. The van der Waals surface area contributed by atoms with E-state index < -0.39 is 0 Å². The first-order valence-electron chi connectivity index (χ1n) is 5.29. The van der Waals surface area contributed by atoms with Crippen LogP contribution in [0.15, 0.2) is 47.1 Å². The van der Waals surface area contributed by atoms with E-state index in [4.69, 9.17) is 5.26 Å². The maximum Gasteiger partial charge on any atom is 0.168 e. The van der Waals surface area contributed by atoms with Crippen molar-refractivity contribution < 1.29 is 0 Å². The highest BCUT2D eigenvalue weighted by atomic mass is 79.9. The topological polar surface area (TPSA) is 54.0 Å². The first-order chi connectivity index (χ1) is 8.78. The number of nitrogens with zero attached hydrogens (tertiary/aromatic N) is 4. The van der Waals surface area contributed by atoms with Crippen molar-refractivity contribution in [1.29, 1.82) is 5.26 Å². The predicted octanol–water partition coefficient (Wildman–Crippen LogP) is 3.03. The fraction of sp³-hybridized carbons (Fsp3) is 0. The third-order valence-corrected chi connectivity index (χ3v) is 3.16. The Morgan fingerprint density at radius 2 is 1.83 bits per heavy atom. The number of benzene rings is 1. The van der Waals surface area contributed by atoms with Gasteiger partial charge in [-0.05, 0) is 24.3 Å². The van der Waals surface area contributed by atoms with Gasteiger partial charge < -0.3 is 0 Å². The Morgan fingerprint density at radius 3 is 2.56 bits per heavy atom. The van der Waals surface area contributed by atoms with Crippen LogP contribution in [-0.4, -0.2) is 14.6 Å². The summed E-state index contributed by atoms with van der Waals surface area (Å²) in [5, 5.41) is 17.2. The Bertz CT molecular complexity index is 753. The highest BCUT2D eigenvalue weighted by Gasteiger charge is 2.08. The van der Waals surface area contributed by atoms with Gasteiger partial charge in [0.05, 0.1) is 5.56 Å². The first-order valence-corrected chi connectivity index (χ1v) is 6.08. The third kappa shape index (κ3) is 1.77. The molecule has 0 N–H and O–H groups in total. The van der Waals surface area contributed by atoms with Crippen LogP contribution in [0.4, 0.5) is 0 Å². The van der Waals surface area contributed by atoms with E-state index in [9.17, 15) is 0 Å². The second kappa shape index (κ2) is 4.24. The lowest BCUT2D eigenvalue weighted by molar-refractivity contribution is 1.11. The standard InChI is InChI=1S/C13H7BrN4/c14-11-4-2-10(3-5-11)13-17-16-12-6-1-9(7-15)8-18(12)13/h1-6,8H. The zero-order chi connectivity index (χ0) is 12.5. The fourth-order valence-corrected chi connectivity index (χ4v) is 2.02. The highest BCUT2D eigenvalue weighted by molar-refractivity contribution is 9.10. The molecule has 2 aromatic heterocycles. The summed E-state index contributed by atoms with van der Waals surface area (Å²) in [5.41, 5.74) is 2.27. The Hall–Kier alpha value is -2.19. The first kappa shape index (κ1) is 10.9. The van der Waals surface area contributed by atoms with Crippen molar-refractivity contribution in [3.05, 3.63) is 52.6 Å². The molecule has 0 fully saturated rings. The number of hydrogen-bond acceptors (Lipinski definition) is 3. The normalized spacial score (nSPS) is 10.4. The summed E-state index contributed by atoms with van der Waals surface area (Å²) in [4.78, 5) is 0. The van der Waals surface area contributed by atoms with Gasteiger partial charge in [-0.15, -0.1) is 10.2 Å². The monoisotopic (exact) mass is 298 g/mol. The van der Waals surface area contributed by atoms with Crippen LogP contribution in [0.2, 0.25) is 0 Å². The highest BCUT2D eigenvalue weighted by Crippen LogP contribution is 2.21. The van der Waals surface area contributed by atoms with Crippen molar-refractivity contribution in [2.75, 3.05) is 0 Å². The molecule has 4 nitrogen and oxygen atoms in total. The van der Waals surface area contributed by atoms with Gasteiger partial charge in [0.25, 0.3) is 0 Å². The molecule has 18 heavy (non-hydrogen) atoms. The van der Waals surface area contributed by atoms with Gasteiger partial charge >= 0.3 is 0 Å². The van der Waals surface area contributed by atoms with Gasteiger partial charge in [0.15, 0.2) is 11.5 Å². The molecule has 5 heteroatoms. The van der Waals surface area contributed by atoms with Gasteiger partial charge in [0, 0.05) is 16.2 Å². The summed E-state index contributed by atoms with van der Waals surface area (Å²) in [7, 11) is 0. The van der Waals surface area contributed by atoms with E-state index >= 15 is 0 Å². The molecule has 0 saturated heterocycles. The minimum Gasteiger partial charge on any atom is -0.281 e. The van der Waals surface area contributed by atoms with Crippen LogP contribution in [0, 0.1) is 11.3 Å². The Kier molecular flexibility index (Phi) is 2.58. The number of nitriles is 1. The van der Waals surface area contributed by atoms with Crippen molar-refractivity contribution >= 4 is 21.6 Å². The lowest BCUT2D eigenvalue weighted by Gasteiger charge is -2.00. The third-order valence-electron chi connectivity index (χ3n) is 2.63. The summed E-state index contributed by atoms with van der Waals surface area (Å²) in [6, 6.07) is 13.4. The van der Waals surface area contributed by atoms with Crippen molar-refractivity contribution in [2.45, 2.75) is 0 Å². The number of hydrogen-bond donors (Lipinski definition) is 0. The summed E-state index contributed by atoms with van der Waals surface area (Å²) in [6.45, 7) is 0. The van der Waals surface area contributed by atoms with Crippen LogP contribution in [0.1, 0.15) is 5.56 Å². The van der Waals surface area contributed by atoms with E-state index in [2.05, 4.69) is 32.2 Å². The summed E-state index contributed by atoms with van der Waals surface area (Å²) in [5.74, 6) is 0.731. The van der Waals surface area contributed by atoms with E-state index in [0.717, 1.165) is 21.5 Å². The van der Waals surface area contributed by atoms with E-state index in [1.165, 1.54) is 0 Å². The predicted molar refractivity (Wildman–Crippen MR) is 70.8 cm³/mol. The molecule has 0 amide bonds. The van der Waals surface area contributed by atoms with Gasteiger partial charge in [-0.1, -0.05) is 28.1 Å². The molecular formula is C13H7BrN4. The van der Waals surface area contributed by atoms with Gasteiger partial charge in [0.2, 0.25) is 0 Å². The van der Waals surface area contributed by atoms with Crippen LogP contribution in [0.5, 0.6) is 0 Å². The van der Waals surface area contributed by atoms with Crippen LogP contribution < -0.4 is 0 Å². The minimum absolute atomic E-state index is 0.584. The second-order valence-electron chi connectivity index (χ2n) is 3.79. The molecule has 2 heterocycles. The Morgan fingerprint density at radius 1 is 1.06 bits per heavy atom. The van der Waals surface area contributed by atoms with E-state index in [1.54, 1.807) is 18.3 Å². The van der Waals surface area contributed by atoms with Crippen LogP contribution in [-0.2, 0) is 0 Å². The molecule has 3 rings (SSSR count). The average Bonchev–Trinajstić information content (AvgIpc) is 2.82. The molecular weight excluding hydrogens is 292 g/mol. The van der Waals surface area contributed by atoms with Crippen molar-refractivity contribution in [2.24, 2.45) is 0 Å². The van der Waals surface area contributed by atoms with Crippen molar-refractivity contribution in [3.8, 4) is 17.5 Å². The van der Waals surface area contributed by atoms with Gasteiger partial charge in [0.1, 0.15) is 6.07 Å². The molecule has 0 aliphatic heterocycles. The second-order valence-corrected chi connectivity index (χ2v) is 4.70. The molecule has 0 spiro atoms. The average molecular weight is 299 g/mol. The molecule has 86 valence electrons. The molecule has 0 aliphatic rings. The van der Waals surface area contributed by atoms with Gasteiger partial charge in [-0.25, -0.2) is 0 Å². The minimum atomic E-state index is 0.584. The zero-order valence-electron chi connectivity index (χ0n) is 9.21. The molecule has 3 aromatic rings. The van der Waals surface area contributed by atoms with Crippen LogP contribution >= 0.6 is 15.9 Å². The van der Waals surface area contributed by atoms with E-state index in [1.807, 2.05) is 28.7 Å². The fourth-order valence-electron chi connectivity index (χ4n) is 1.75. The number of halogens is 1. The zero-order valence-corrected chi connectivity index (χ0v) is 10.8. The van der Waals surface area contributed by atoms with E-state index in [0.29, 0.717) is 5.56 Å². The molecule has 0 aliphatic carbocycles. The Balaban J connectivity index is 2.23. The number of aromatic nitrogens is 3. The summed E-state index contributed by atoms with van der Waals surface area (Å²) in [6.07, 6.45) is 1.74. The van der Waals surface area contributed by atoms with E-state index in [-0.39, 0.29) is 0 Å². The SMILES string of the molecule is N#Cc1ccc2nnc(-c3ccc(Br)cc3)n2c1. The number of pyridine rings is 1. The summed E-state index contributed by atoms with van der Waals surface area (Å²) < 4.78 is 2.83. The lowest BCUT2D eigenvalue weighted by atomic mass is 10.2. The lowest BCUT2D eigenvalue weighted by Crippen LogP contribution is -1.90. The van der Waals surface area contributed by atoms with Crippen molar-refractivity contribution in [3.63, 3.8) is 0 Å². The number of rotatable bonds is 1. The quantitative estimate of drug-likeness (QED) is 0.694. The van der Waals surface area contributed by atoms with Crippen molar-refractivity contribution in [1.82, 2.24) is 14.6 Å². The van der Waals surface area contributed by atoms with Gasteiger partial charge in [-0.2, -0.15) is 5.26 Å². The smallest absolute Gasteiger partial charge is 0.168 e. The molecule has 0 radical (unpaired) electrons.